The number of nitrogens with zero attached hydrogens (tertiary/aromatic N) is 4. The molecule has 0 amide bonds. The summed E-state index contributed by atoms with van der Waals surface area (Å²) >= 11 is 3.64. The maximum Gasteiger partial charge on any atom is 0.169 e. The standard InChI is InChI=1S/C37H38N4O2S2/c1-42-28-13-9-25(10-14-28)21-27-7-6-8-32-34(27)38-33(22-26-11-15-29(43-2)16-12-26)35-36(32)41(37(39-35)44-3)24-31-18-17-30(45-31)23-40-19-4-5-20-40/h6-18H,4-5,19-24H2,1-3H3. The van der Waals surface area contributed by atoms with Gasteiger partial charge in [-0.25, -0.2) is 9.97 Å². The summed E-state index contributed by atoms with van der Waals surface area (Å²) in [5.74, 6) is 1.72. The zero-order valence-electron chi connectivity index (χ0n) is 26.1. The van der Waals surface area contributed by atoms with Gasteiger partial charge in [0.15, 0.2) is 5.16 Å². The van der Waals surface area contributed by atoms with E-state index >= 15 is 0 Å². The van der Waals surface area contributed by atoms with Gasteiger partial charge < -0.3 is 14.0 Å². The van der Waals surface area contributed by atoms with Crippen LogP contribution >= 0.6 is 23.1 Å². The molecule has 6 nitrogen and oxygen atoms in total. The predicted octanol–water partition coefficient (Wildman–Crippen LogP) is 8.21. The summed E-state index contributed by atoms with van der Waals surface area (Å²) in [4.78, 5) is 16.0. The minimum absolute atomic E-state index is 0.692. The fraction of sp³-hybridized carbons (Fsp3) is 0.297. The molecule has 8 heteroatoms. The van der Waals surface area contributed by atoms with Gasteiger partial charge >= 0.3 is 0 Å². The van der Waals surface area contributed by atoms with Crippen molar-refractivity contribution in [3.05, 3.63) is 111 Å². The van der Waals surface area contributed by atoms with Gasteiger partial charge in [0.2, 0.25) is 0 Å². The average Bonchev–Trinajstić information content (AvgIpc) is 3.84. The molecule has 4 heterocycles. The molecule has 0 spiro atoms. The molecule has 0 bridgehead atoms. The topological polar surface area (TPSA) is 52.4 Å². The number of fused-ring (bicyclic) bond motifs is 3. The Labute approximate surface area is 273 Å². The highest BCUT2D eigenvalue weighted by Crippen LogP contribution is 2.35. The van der Waals surface area contributed by atoms with Crippen molar-refractivity contribution in [3.63, 3.8) is 0 Å². The fourth-order valence-electron chi connectivity index (χ4n) is 6.39. The van der Waals surface area contributed by atoms with Crippen LogP contribution in [-0.2, 0) is 25.9 Å². The van der Waals surface area contributed by atoms with Crippen LogP contribution in [0.25, 0.3) is 21.9 Å². The van der Waals surface area contributed by atoms with Crippen LogP contribution in [0.1, 0.15) is 45.0 Å². The van der Waals surface area contributed by atoms with Crippen LogP contribution in [-0.4, -0.2) is 53.0 Å². The van der Waals surface area contributed by atoms with E-state index in [0.717, 1.165) is 58.3 Å². The van der Waals surface area contributed by atoms with E-state index in [1.54, 1.807) is 26.0 Å². The molecule has 0 atom stereocenters. The van der Waals surface area contributed by atoms with Gasteiger partial charge in [0, 0.05) is 28.1 Å². The molecule has 6 aromatic rings. The zero-order valence-corrected chi connectivity index (χ0v) is 27.7. The maximum atomic E-state index is 5.42. The summed E-state index contributed by atoms with van der Waals surface area (Å²) in [6.07, 6.45) is 6.24. The van der Waals surface area contributed by atoms with Gasteiger partial charge in [-0.2, -0.15) is 0 Å². The highest BCUT2D eigenvalue weighted by Gasteiger charge is 2.21. The van der Waals surface area contributed by atoms with Crippen molar-refractivity contribution >= 4 is 45.0 Å². The van der Waals surface area contributed by atoms with E-state index in [1.165, 1.54) is 57.9 Å². The predicted molar refractivity (Wildman–Crippen MR) is 186 cm³/mol. The summed E-state index contributed by atoms with van der Waals surface area (Å²) in [6, 6.07) is 27.8. The van der Waals surface area contributed by atoms with Gasteiger partial charge in [0.05, 0.1) is 37.5 Å². The minimum atomic E-state index is 0.692. The van der Waals surface area contributed by atoms with Crippen molar-refractivity contribution in [1.82, 2.24) is 19.4 Å². The number of pyridine rings is 1. The van der Waals surface area contributed by atoms with Crippen LogP contribution in [0.3, 0.4) is 0 Å². The first-order valence-electron chi connectivity index (χ1n) is 15.5. The second kappa shape index (κ2) is 13.3. The number of ether oxygens (including phenoxy) is 2. The molecule has 3 aromatic carbocycles. The number of hydrogen-bond donors (Lipinski definition) is 0. The third kappa shape index (κ3) is 6.32. The first-order chi connectivity index (χ1) is 22.1. The van der Waals surface area contributed by atoms with E-state index < -0.39 is 0 Å². The fourth-order valence-corrected chi connectivity index (χ4v) is 8.00. The Bertz CT molecular complexity index is 1920. The van der Waals surface area contributed by atoms with Crippen LogP contribution < -0.4 is 9.47 Å². The van der Waals surface area contributed by atoms with Crippen molar-refractivity contribution < 1.29 is 9.47 Å². The Kier molecular flexibility index (Phi) is 8.79. The molecule has 0 saturated carbocycles. The molecular formula is C37H38N4O2S2. The quantitative estimate of drug-likeness (QED) is 0.134. The normalized spacial score (nSPS) is 13.7. The number of thiophene rings is 1. The van der Waals surface area contributed by atoms with E-state index in [4.69, 9.17) is 19.4 Å². The summed E-state index contributed by atoms with van der Waals surface area (Å²) in [5.41, 5.74) is 7.81. The first-order valence-corrected chi connectivity index (χ1v) is 17.6. The van der Waals surface area contributed by atoms with E-state index in [0.29, 0.717) is 6.42 Å². The number of para-hydroxylation sites is 1. The molecule has 0 unspecified atom stereocenters. The third-order valence-corrected chi connectivity index (χ3v) is 10.4. The maximum absolute atomic E-state index is 5.42. The molecule has 1 fully saturated rings. The lowest BCUT2D eigenvalue weighted by atomic mass is 9.99. The van der Waals surface area contributed by atoms with Crippen LogP contribution in [0.15, 0.2) is 84.0 Å². The SMILES string of the molecule is COc1ccc(Cc2cccc3c2nc(Cc2ccc(OC)cc2)c2nc(SC)n(Cc4ccc(CN5CCCC5)s4)c23)cc1. The average molecular weight is 635 g/mol. The molecule has 0 N–H and O–H groups in total. The van der Waals surface area contributed by atoms with E-state index in [-0.39, 0.29) is 0 Å². The van der Waals surface area contributed by atoms with Crippen LogP contribution in [0.4, 0.5) is 0 Å². The van der Waals surface area contributed by atoms with Gasteiger partial charge in [-0.15, -0.1) is 11.3 Å². The second-order valence-electron chi connectivity index (χ2n) is 11.7. The molecular weight excluding hydrogens is 597 g/mol. The van der Waals surface area contributed by atoms with Crippen LogP contribution in [0, 0.1) is 0 Å². The molecule has 0 radical (unpaired) electrons. The Morgan fingerprint density at radius 2 is 1.38 bits per heavy atom. The van der Waals surface area contributed by atoms with Crippen molar-refractivity contribution in [1.29, 1.82) is 0 Å². The van der Waals surface area contributed by atoms with E-state index in [2.05, 4.69) is 70.3 Å². The summed E-state index contributed by atoms with van der Waals surface area (Å²) in [5, 5.41) is 2.17. The number of aromatic nitrogens is 3. The Balaban J connectivity index is 1.34. The largest absolute Gasteiger partial charge is 0.497 e. The van der Waals surface area contributed by atoms with Crippen LogP contribution in [0.2, 0.25) is 0 Å². The Morgan fingerprint density at radius 1 is 0.733 bits per heavy atom. The number of hydrogen-bond acceptors (Lipinski definition) is 7. The van der Waals surface area contributed by atoms with Gasteiger partial charge in [-0.1, -0.05) is 54.2 Å². The number of benzene rings is 3. The van der Waals surface area contributed by atoms with Crippen molar-refractivity contribution in [3.8, 4) is 11.5 Å². The third-order valence-electron chi connectivity index (χ3n) is 8.70. The molecule has 1 aliphatic heterocycles. The van der Waals surface area contributed by atoms with Crippen molar-refractivity contribution in [2.45, 2.75) is 43.9 Å². The lowest BCUT2D eigenvalue weighted by Gasteiger charge is -2.13. The van der Waals surface area contributed by atoms with Crippen molar-refractivity contribution in [2.75, 3.05) is 33.6 Å². The van der Waals surface area contributed by atoms with Gasteiger partial charge in [0.25, 0.3) is 0 Å². The second-order valence-corrected chi connectivity index (χ2v) is 13.7. The highest BCUT2D eigenvalue weighted by molar-refractivity contribution is 7.98. The van der Waals surface area contributed by atoms with Gasteiger partial charge in [-0.3, -0.25) is 4.90 Å². The monoisotopic (exact) mass is 634 g/mol. The molecule has 1 aliphatic rings. The summed E-state index contributed by atoms with van der Waals surface area (Å²) in [6.45, 7) is 4.27. The van der Waals surface area contributed by atoms with Crippen LogP contribution in [0.5, 0.6) is 11.5 Å². The van der Waals surface area contributed by atoms with E-state index in [1.807, 2.05) is 35.6 Å². The molecule has 230 valence electrons. The number of imidazole rings is 1. The molecule has 7 rings (SSSR count). The lowest BCUT2D eigenvalue weighted by molar-refractivity contribution is 0.334. The lowest BCUT2D eigenvalue weighted by Crippen LogP contribution is -2.17. The smallest absolute Gasteiger partial charge is 0.169 e. The summed E-state index contributed by atoms with van der Waals surface area (Å²) in [7, 11) is 3.41. The first kappa shape index (κ1) is 29.8. The zero-order chi connectivity index (χ0) is 30.8. The number of likely N-dealkylation sites (tertiary alicyclic amines) is 1. The Morgan fingerprint density at radius 3 is 2.02 bits per heavy atom. The molecule has 0 aliphatic carbocycles. The number of rotatable bonds is 11. The number of thioether (sulfide) groups is 1. The van der Waals surface area contributed by atoms with E-state index in [9.17, 15) is 0 Å². The Hall–Kier alpha value is -3.85. The van der Waals surface area contributed by atoms with Gasteiger partial charge in [0.1, 0.15) is 17.0 Å². The van der Waals surface area contributed by atoms with Gasteiger partial charge in [-0.05, 0) is 91.7 Å². The van der Waals surface area contributed by atoms with Crippen molar-refractivity contribution in [2.24, 2.45) is 0 Å². The summed E-state index contributed by atoms with van der Waals surface area (Å²) < 4.78 is 13.2. The highest BCUT2D eigenvalue weighted by atomic mass is 32.2. The molecule has 45 heavy (non-hydrogen) atoms. The molecule has 1 saturated heterocycles. The molecule has 3 aromatic heterocycles. The minimum Gasteiger partial charge on any atom is -0.497 e. The number of methoxy groups -OCH3 is 2.